The fourth-order valence-electron chi connectivity index (χ4n) is 2.92. The summed E-state index contributed by atoms with van der Waals surface area (Å²) in [6.45, 7) is 4.02. The molecule has 9 heteroatoms. The molecule has 134 valence electrons. The van der Waals surface area contributed by atoms with Gasteiger partial charge in [0, 0.05) is 24.4 Å². The highest BCUT2D eigenvalue weighted by Gasteiger charge is 2.20. The minimum Gasteiger partial charge on any atom is -0.497 e. The fourth-order valence-corrected chi connectivity index (χ4v) is 3.91. The minimum absolute atomic E-state index is 0.638. The molecule has 8 nitrogen and oxygen atoms in total. The molecule has 4 aromatic rings. The number of nitrogens with zero attached hydrogens (tertiary/aromatic N) is 6. The number of hydrogen-bond donors (Lipinski definition) is 0. The second-order valence-corrected chi connectivity index (χ2v) is 6.85. The largest absolute Gasteiger partial charge is 0.497 e. The lowest BCUT2D eigenvalue weighted by molar-refractivity contribution is 0.394. The Hall–Kier alpha value is -2.94. The van der Waals surface area contributed by atoms with Gasteiger partial charge < -0.3 is 9.47 Å². The summed E-state index contributed by atoms with van der Waals surface area (Å²) >= 11 is 1.49. The molecule has 0 N–H and O–H groups in total. The van der Waals surface area contributed by atoms with Crippen LogP contribution in [-0.4, -0.2) is 43.8 Å². The lowest BCUT2D eigenvalue weighted by atomic mass is 10.2. The van der Waals surface area contributed by atoms with Crippen LogP contribution in [0.4, 0.5) is 0 Å². The summed E-state index contributed by atoms with van der Waals surface area (Å²) in [5.41, 5.74) is 3.87. The predicted molar refractivity (Wildman–Crippen MR) is 98.9 cm³/mol. The first-order valence-corrected chi connectivity index (χ1v) is 8.79. The second kappa shape index (κ2) is 6.10. The summed E-state index contributed by atoms with van der Waals surface area (Å²) in [7, 11) is 5.17. The summed E-state index contributed by atoms with van der Waals surface area (Å²) in [5, 5.41) is 18.7. The molecule has 3 aromatic heterocycles. The molecule has 0 bridgehead atoms. The van der Waals surface area contributed by atoms with Gasteiger partial charge in [-0.15, -0.1) is 10.2 Å². The predicted octanol–water partition coefficient (Wildman–Crippen LogP) is 2.89. The molecule has 0 amide bonds. The fraction of sp³-hybridized carbons (Fsp3) is 0.294. The maximum Gasteiger partial charge on any atom is 0.235 e. The van der Waals surface area contributed by atoms with Crippen LogP contribution in [0.3, 0.4) is 0 Å². The van der Waals surface area contributed by atoms with E-state index in [9.17, 15) is 0 Å². The van der Waals surface area contributed by atoms with Gasteiger partial charge in [-0.2, -0.15) is 14.7 Å². The number of methoxy groups -OCH3 is 2. The monoisotopic (exact) mass is 370 g/mol. The zero-order valence-electron chi connectivity index (χ0n) is 15.1. The molecule has 0 unspecified atom stereocenters. The first kappa shape index (κ1) is 16.5. The Kier molecular flexibility index (Phi) is 3.87. The van der Waals surface area contributed by atoms with Crippen molar-refractivity contribution in [3.8, 4) is 33.5 Å². The van der Waals surface area contributed by atoms with E-state index < -0.39 is 0 Å². The SMILES string of the molecule is COc1cc(OC)cc(-c2nnc3sc(-c4c(C)nn(C)c4C)nn23)c1. The highest BCUT2D eigenvalue weighted by molar-refractivity contribution is 7.19. The van der Waals surface area contributed by atoms with Gasteiger partial charge in [-0.1, -0.05) is 11.3 Å². The summed E-state index contributed by atoms with van der Waals surface area (Å²) in [6, 6.07) is 5.59. The highest BCUT2D eigenvalue weighted by atomic mass is 32.1. The van der Waals surface area contributed by atoms with Crippen LogP contribution in [-0.2, 0) is 7.05 Å². The summed E-state index contributed by atoms with van der Waals surface area (Å²) < 4.78 is 14.3. The Morgan fingerprint density at radius 1 is 0.962 bits per heavy atom. The molecule has 0 atom stereocenters. The highest BCUT2D eigenvalue weighted by Crippen LogP contribution is 2.33. The second-order valence-electron chi connectivity index (χ2n) is 5.90. The quantitative estimate of drug-likeness (QED) is 0.550. The number of aromatic nitrogens is 6. The third-order valence-corrected chi connectivity index (χ3v) is 5.24. The normalized spacial score (nSPS) is 11.3. The van der Waals surface area contributed by atoms with Crippen LogP contribution in [0, 0.1) is 13.8 Å². The van der Waals surface area contributed by atoms with E-state index in [1.165, 1.54) is 11.3 Å². The van der Waals surface area contributed by atoms with E-state index >= 15 is 0 Å². The Labute approximate surface area is 154 Å². The van der Waals surface area contributed by atoms with Gasteiger partial charge in [0.2, 0.25) is 4.96 Å². The van der Waals surface area contributed by atoms with Crippen LogP contribution in [0.1, 0.15) is 11.4 Å². The third kappa shape index (κ3) is 2.51. The van der Waals surface area contributed by atoms with E-state index in [0.717, 1.165) is 32.5 Å². The zero-order valence-corrected chi connectivity index (χ0v) is 16.0. The van der Waals surface area contributed by atoms with Crippen molar-refractivity contribution in [1.82, 2.24) is 29.6 Å². The van der Waals surface area contributed by atoms with Crippen LogP contribution < -0.4 is 9.47 Å². The molecular weight excluding hydrogens is 352 g/mol. The molecular formula is C17H18N6O2S. The van der Waals surface area contributed by atoms with Crippen molar-refractivity contribution in [3.05, 3.63) is 29.6 Å². The topological polar surface area (TPSA) is 79.4 Å². The van der Waals surface area contributed by atoms with Gasteiger partial charge in [-0.05, 0) is 26.0 Å². The number of fused-ring (bicyclic) bond motifs is 1. The van der Waals surface area contributed by atoms with Gasteiger partial charge >= 0.3 is 0 Å². The Balaban J connectivity index is 1.87. The number of ether oxygens (including phenoxy) is 2. The van der Waals surface area contributed by atoms with Crippen LogP contribution >= 0.6 is 11.3 Å². The van der Waals surface area contributed by atoms with Gasteiger partial charge in [-0.25, -0.2) is 0 Å². The molecule has 3 heterocycles. The smallest absolute Gasteiger partial charge is 0.235 e. The van der Waals surface area contributed by atoms with Gasteiger partial charge in [0.25, 0.3) is 0 Å². The van der Waals surface area contributed by atoms with Crippen molar-refractivity contribution in [2.75, 3.05) is 14.2 Å². The molecule has 1 aromatic carbocycles. The van der Waals surface area contributed by atoms with Crippen molar-refractivity contribution in [2.45, 2.75) is 13.8 Å². The van der Waals surface area contributed by atoms with Crippen molar-refractivity contribution in [3.63, 3.8) is 0 Å². The average molecular weight is 370 g/mol. The molecule has 0 spiro atoms. The van der Waals surface area contributed by atoms with E-state index in [4.69, 9.17) is 14.6 Å². The van der Waals surface area contributed by atoms with Crippen LogP contribution in [0.5, 0.6) is 11.5 Å². The van der Waals surface area contributed by atoms with Crippen LogP contribution in [0.25, 0.3) is 26.9 Å². The summed E-state index contributed by atoms with van der Waals surface area (Å²) in [6.07, 6.45) is 0. The molecule has 0 fully saturated rings. The molecule has 0 aliphatic rings. The Bertz CT molecular complexity index is 1090. The lowest BCUT2D eigenvalue weighted by Gasteiger charge is -2.06. The molecule has 0 saturated carbocycles. The summed E-state index contributed by atoms with van der Waals surface area (Å²) in [4.78, 5) is 0.722. The average Bonchev–Trinajstić information content (AvgIpc) is 3.27. The van der Waals surface area contributed by atoms with E-state index in [1.54, 1.807) is 18.7 Å². The molecule has 0 radical (unpaired) electrons. The van der Waals surface area contributed by atoms with Gasteiger partial charge in [-0.3, -0.25) is 4.68 Å². The molecule has 0 aliphatic carbocycles. The standard InChI is InChI=1S/C17H18N6O2S/c1-9-14(10(2)22(3)20-9)16-21-23-15(18-19-17(23)26-16)11-6-12(24-4)8-13(7-11)25-5/h6-8H,1-5H3. The molecule has 4 rings (SSSR count). The molecule has 26 heavy (non-hydrogen) atoms. The maximum absolute atomic E-state index is 5.35. The van der Waals surface area contributed by atoms with Crippen LogP contribution in [0.15, 0.2) is 18.2 Å². The maximum atomic E-state index is 5.35. The van der Waals surface area contributed by atoms with Gasteiger partial charge in [0.1, 0.15) is 11.5 Å². The Morgan fingerprint density at radius 2 is 1.65 bits per heavy atom. The van der Waals surface area contributed by atoms with Crippen molar-refractivity contribution < 1.29 is 9.47 Å². The van der Waals surface area contributed by atoms with Crippen molar-refractivity contribution >= 4 is 16.3 Å². The number of hydrogen-bond acceptors (Lipinski definition) is 7. The summed E-state index contributed by atoms with van der Waals surface area (Å²) in [5.74, 6) is 2.01. The third-order valence-electron chi connectivity index (χ3n) is 4.32. The van der Waals surface area contributed by atoms with Gasteiger partial charge in [0.05, 0.1) is 25.5 Å². The molecule has 0 aliphatic heterocycles. The first-order chi connectivity index (χ1) is 12.5. The lowest BCUT2D eigenvalue weighted by Crippen LogP contribution is -1.94. The first-order valence-electron chi connectivity index (χ1n) is 7.98. The van der Waals surface area contributed by atoms with E-state index in [0.29, 0.717) is 17.3 Å². The van der Waals surface area contributed by atoms with E-state index in [1.807, 2.05) is 43.8 Å². The number of aryl methyl sites for hydroxylation is 2. The van der Waals surface area contributed by atoms with E-state index in [2.05, 4.69) is 15.3 Å². The van der Waals surface area contributed by atoms with E-state index in [-0.39, 0.29) is 0 Å². The number of benzene rings is 1. The van der Waals surface area contributed by atoms with Crippen LogP contribution in [0.2, 0.25) is 0 Å². The number of rotatable bonds is 4. The molecule has 0 saturated heterocycles. The van der Waals surface area contributed by atoms with Gasteiger partial charge in [0.15, 0.2) is 10.8 Å². The van der Waals surface area contributed by atoms with Crippen molar-refractivity contribution in [1.29, 1.82) is 0 Å². The zero-order chi connectivity index (χ0) is 18.4. The minimum atomic E-state index is 0.638. The Morgan fingerprint density at radius 3 is 2.23 bits per heavy atom. The van der Waals surface area contributed by atoms with Crippen molar-refractivity contribution in [2.24, 2.45) is 7.05 Å².